The third-order valence-corrected chi connectivity index (χ3v) is 10.7. The minimum Gasteiger partial charge on any atom is -0.324 e. The summed E-state index contributed by atoms with van der Waals surface area (Å²) in [6, 6.07) is 14.0. The number of para-hydroxylation sites is 1. The van der Waals surface area contributed by atoms with Crippen molar-refractivity contribution in [2.45, 2.75) is 28.9 Å². The fraction of sp³-hybridized carbons (Fsp3) is 0.172. The Bertz CT molecular complexity index is 1890. The number of amides is 3. The highest BCUT2D eigenvalue weighted by Crippen LogP contribution is 2.55. The SMILES string of the molecule is O=C(Cn1c2c(sc1=O)C(c1cccc(Cl)c1Cl)C1C(=O)N(c3ccc(F)cc3)C(=O)C1S2)Nc1ccccc1C(F)(F)F. The topological polar surface area (TPSA) is 88.5 Å². The number of carbonyl (C=O) groups excluding carboxylic acids is 3. The number of fused-ring (bicyclic) bond motifs is 2. The third-order valence-electron chi connectivity index (χ3n) is 7.26. The molecular formula is C29H17Cl2F4N3O4S2. The highest BCUT2D eigenvalue weighted by Gasteiger charge is 2.57. The molecule has 15 heteroatoms. The molecule has 4 aromatic rings. The molecule has 0 radical (unpaired) electrons. The normalized spacial score (nSPS) is 19.6. The summed E-state index contributed by atoms with van der Waals surface area (Å²) < 4.78 is 55.2. The summed E-state index contributed by atoms with van der Waals surface area (Å²) >= 11 is 14.5. The van der Waals surface area contributed by atoms with E-state index in [1.165, 1.54) is 30.3 Å². The average molecular weight is 683 g/mol. The van der Waals surface area contributed by atoms with Gasteiger partial charge in [-0.05, 0) is 48.0 Å². The van der Waals surface area contributed by atoms with E-state index in [0.29, 0.717) is 10.4 Å². The number of imide groups is 1. The Morgan fingerprint density at radius 2 is 1.64 bits per heavy atom. The number of hydrogen-bond acceptors (Lipinski definition) is 6. The lowest BCUT2D eigenvalue weighted by molar-refractivity contribution is -0.137. The van der Waals surface area contributed by atoms with Crippen LogP contribution in [0.4, 0.5) is 28.9 Å². The molecule has 1 saturated heterocycles. The molecule has 1 N–H and O–H groups in total. The van der Waals surface area contributed by atoms with Crippen molar-refractivity contribution in [2.24, 2.45) is 5.92 Å². The van der Waals surface area contributed by atoms with Gasteiger partial charge in [-0.3, -0.25) is 23.7 Å². The van der Waals surface area contributed by atoms with Gasteiger partial charge < -0.3 is 5.32 Å². The van der Waals surface area contributed by atoms with Gasteiger partial charge in [0, 0.05) is 10.8 Å². The Morgan fingerprint density at radius 1 is 0.932 bits per heavy atom. The van der Waals surface area contributed by atoms with Gasteiger partial charge in [0.25, 0.3) is 0 Å². The number of anilines is 2. The standard InChI is InChI=1S/C29H17Cl2F4N3O4S2/c30-17-6-3-4-15(22(17)31)20-21-23(26(41)38(25(21)40)14-10-8-13(32)9-11-14)43-27-24(20)44-28(42)37(27)12-19(39)36-18-7-2-1-5-16(18)29(33,34)35/h1-11,20-21,23H,12H2,(H,36,39). The number of benzene rings is 3. The van der Waals surface area contributed by atoms with E-state index in [9.17, 15) is 36.7 Å². The number of nitrogens with zero attached hydrogens (tertiary/aromatic N) is 2. The first-order chi connectivity index (χ1) is 20.9. The molecule has 0 saturated carbocycles. The highest BCUT2D eigenvalue weighted by molar-refractivity contribution is 8.00. The number of thiazole rings is 1. The molecule has 1 fully saturated rings. The van der Waals surface area contributed by atoms with Gasteiger partial charge >= 0.3 is 11.0 Å². The van der Waals surface area contributed by atoms with E-state index in [-0.39, 0.29) is 20.8 Å². The third kappa shape index (κ3) is 5.21. The van der Waals surface area contributed by atoms with Gasteiger partial charge in [0.1, 0.15) is 17.6 Å². The zero-order valence-corrected chi connectivity index (χ0v) is 25.0. The van der Waals surface area contributed by atoms with Crippen molar-refractivity contribution in [3.8, 4) is 0 Å². The number of halogens is 6. The Balaban J connectivity index is 1.42. The minimum absolute atomic E-state index is 0.102. The fourth-order valence-electron chi connectivity index (χ4n) is 5.37. The van der Waals surface area contributed by atoms with E-state index in [2.05, 4.69) is 5.32 Å². The van der Waals surface area contributed by atoms with Gasteiger partial charge in [-0.15, -0.1) is 0 Å². The van der Waals surface area contributed by atoms with Gasteiger partial charge in [-0.25, -0.2) is 9.29 Å². The predicted octanol–water partition coefficient (Wildman–Crippen LogP) is 6.81. The first kappa shape index (κ1) is 30.4. The molecule has 3 atom stereocenters. The fourth-order valence-corrected chi connectivity index (χ4v) is 8.56. The largest absolute Gasteiger partial charge is 0.418 e. The van der Waals surface area contributed by atoms with E-state index in [4.69, 9.17) is 23.2 Å². The molecule has 3 amide bonds. The quantitative estimate of drug-likeness (QED) is 0.185. The summed E-state index contributed by atoms with van der Waals surface area (Å²) in [5, 5.41) is 1.62. The number of rotatable bonds is 5. The Labute approximate surface area is 264 Å². The Morgan fingerprint density at radius 3 is 2.34 bits per heavy atom. The summed E-state index contributed by atoms with van der Waals surface area (Å²) in [7, 11) is 0. The maximum atomic E-state index is 13.9. The molecule has 44 heavy (non-hydrogen) atoms. The van der Waals surface area contributed by atoms with Crippen LogP contribution >= 0.6 is 46.3 Å². The highest BCUT2D eigenvalue weighted by atomic mass is 35.5. The summed E-state index contributed by atoms with van der Waals surface area (Å²) in [6.45, 7) is -0.666. The van der Waals surface area contributed by atoms with Gasteiger partial charge in [0.05, 0.1) is 37.9 Å². The number of alkyl halides is 3. The lowest BCUT2D eigenvalue weighted by Gasteiger charge is -2.31. The van der Waals surface area contributed by atoms with Crippen LogP contribution in [0.15, 0.2) is 76.6 Å². The molecular weight excluding hydrogens is 665 g/mol. The summed E-state index contributed by atoms with van der Waals surface area (Å²) in [5.74, 6) is -4.67. The first-order valence-electron chi connectivity index (χ1n) is 12.8. The van der Waals surface area contributed by atoms with Gasteiger partial charge in [0.15, 0.2) is 0 Å². The summed E-state index contributed by atoms with van der Waals surface area (Å²) in [6.07, 6.45) is -4.73. The molecule has 226 valence electrons. The van der Waals surface area contributed by atoms with Crippen LogP contribution in [-0.2, 0) is 27.1 Å². The molecule has 3 unspecified atom stereocenters. The van der Waals surface area contributed by atoms with Crippen LogP contribution in [0.25, 0.3) is 0 Å². The van der Waals surface area contributed by atoms with Crippen LogP contribution in [0.2, 0.25) is 10.0 Å². The monoisotopic (exact) mass is 681 g/mol. The number of thioether (sulfide) groups is 1. The number of nitrogens with one attached hydrogen (secondary N) is 1. The van der Waals surface area contributed by atoms with Crippen molar-refractivity contribution >= 4 is 75.4 Å². The van der Waals surface area contributed by atoms with E-state index >= 15 is 0 Å². The van der Waals surface area contributed by atoms with Crippen molar-refractivity contribution in [2.75, 3.05) is 10.2 Å². The Hall–Kier alpha value is -3.65. The van der Waals surface area contributed by atoms with Crippen LogP contribution in [-0.4, -0.2) is 27.5 Å². The maximum Gasteiger partial charge on any atom is 0.418 e. The van der Waals surface area contributed by atoms with E-state index in [0.717, 1.165) is 56.8 Å². The smallest absolute Gasteiger partial charge is 0.324 e. The number of hydrogen-bond donors (Lipinski definition) is 1. The van der Waals surface area contributed by atoms with Crippen LogP contribution in [0.3, 0.4) is 0 Å². The second kappa shape index (κ2) is 11.4. The minimum atomic E-state index is -4.73. The van der Waals surface area contributed by atoms with Crippen molar-refractivity contribution in [1.82, 2.24) is 4.57 Å². The number of carbonyl (C=O) groups is 3. The van der Waals surface area contributed by atoms with Crippen LogP contribution in [0, 0.1) is 11.7 Å². The second-order valence-corrected chi connectivity index (χ2v) is 12.8. The molecule has 2 aliphatic heterocycles. The maximum absolute atomic E-state index is 13.9. The lowest BCUT2D eigenvalue weighted by Crippen LogP contribution is -2.33. The zero-order chi connectivity index (χ0) is 31.5. The Kier molecular flexibility index (Phi) is 7.85. The first-order valence-corrected chi connectivity index (χ1v) is 15.3. The van der Waals surface area contributed by atoms with E-state index in [1.54, 1.807) is 12.1 Å². The second-order valence-electron chi connectivity index (χ2n) is 9.89. The zero-order valence-electron chi connectivity index (χ0n) is 21.9. The van der Waals surface area contributed by atoms with Crippen LogP contribution < -0.4 is 15.1 Å². The summed E-state index contributed by atoms with van der Waals surface area (Å²) in [4.78, 5) is 54.6. The molecule has 1 aromatic heterocycles. The van der Waals surface area contributed by atoms with Crippen LogP contribution in [0.1, 0.15) is 21.9 Å². The van der Waals surface area contributed by atoms with Crippen molar-refractivity contribution in [3.63, 3.8) is 0 Å². The summed E-state index contributed by atoms with van der Waals surface area (Å²) in [5.41, 5.74) is -1.02. The van der Waals surface area contributed by atoms with Gasteiger partial charge in [-0.2, -0.15) is 13.2 Å². The molecule has 7 nitrogen and oxygen atoms in total. The average Bonchev–Trinajstić information content (AvgIpc) is 3.41. The lowest BCUT2D eigenvalue weighted by atomic mass is 9.83. The van der Waals surface area contributed by atoms with Gasteiger partial charge in [0.2, 0.25) is 17.7 Å². The molecule has 6 rings (SSSR count). The van der Waals surface area contributed by atoms with Gasteiger partial charge in [-0.1, -0.05) is 70.6 Å². The number of aromatic nitrogens is 1. The predicted molar refractivity (Wildman–Crippen MR) is 159 cm³/mol. The van der Waals surface area contributed by atoms with Crippen molar-refractivity contribution in [3.05, 3.63) is 108 Å². The molecule has 0 bridgehead atoms. The molecule has 3 heterocycles. The van der Waals surface area contributed by atoms with E-state index in [1.807, 2.05) is 0 Å². The van der Waals surface area contributed by atoms with Crippen molar-refractivity contribution < 1.29 is 31.9 Å². The molecule has 3 aromatic carbocycles. The molecule has 0 spiro atoms. The molecule has 0 aliphatic carbocycles. The molecule has 2 aliphatic rings. The van der Waals surface area contributed by atoms with Crippen LogP contribution in [0.5, 0.6) is 0 Å². The van der Waals surface area contributed by atoms with Crippen molar-refractivity contribution in [1.29, 1.82) is 0 Å². The van der Waals surface area contributed by atoms with E-state index < -0.39 is 69.5 Å².